The molecule has 0 atom stereocenters. The first-order chi connectivity index (χ1) is 28.3. The maximum absolute atomic E-state index is 6.54. The molecule has 0 saturated carbocycles. The Morgan fingerprint density at radius 2 is 1.00 bits per heavy atom. The summed E-state index contributed by atoms with van der Waals surface area (Å²) in [4.78, 5) is 15.6. The van der Waals surface area contributed by atoms with Crippen LogP contribution in [-0.2, 0) is 0 Å². The zero-order valence-electron chi connectivity index (χ0n) is 30.5. The smallest absolute Gasteiger partial charge is 0.238 e. The summed E-state index contributed by atoms with van der Waals surface area (Å²) in [6, 6.07) is 65.4. The lowest BCUT2D eigenvalue weighted by Crippen LogP contribution is -2.06. The molecule has 0 radical (unpaired) electrons. The van der Waals surface area contributed by atoms with Crippen molar-refractivity contribution in [2.75, 3.05) is 0 Å². The third-order valence-corrected chi connectivity index (χ3v) is 11.2. The molecule has 6 nitrogen and oxygen atoms in total. The average Bonchev–Trinajstić information content (AvgIpc) is 3.94. The molecular formula is C51H31N5O. The van der Waals surface area contributed by atoms with E-state index in [2.05, 4.69) is 155 Å². The first-order valence-electron chi connectivity index (χ1n) is 19.1. The first kappa shape index (κ1) is 31.5. The van der Waals surface area contributed by atoms with Crippen LogP contribution in [0.2, 0.25) is 0 Å². The van der Waals surface area contributed by atoms with E-state index in [1.807, 2.05) is 42.5 Å². The lowest BCUT2D eigenvalue weighted by atomic mass is 9.99. The number of para-hydroxylation sites is 3. The molecule has 0 saturated heterocycles. The minimum atomic E-state index is 0.544. The van der Waals surface area contributed by atoms with E-state index in [9.17, 15) is 0 Å². The van der Waals surface area contributed by atoms with Crippen LogP contribution in [0.5, 0.6) is 0 Å². The molecule has 4 heterocycles. The Morgan fingerprint density at radius 3 is 1.77 bits per heavy atom. The van der Waals surface area contributed by atoms with Gasteiger partial charge in [0.25, 0.3) is 0 Å². The highest BCUT2D eigenvalue weighted by molar-refractivity contribution is 6.26. The topological polar surface area (TPSA) is 61.7 Å². The molecule has 0 aliphatic carbocycles. The fourth-order valence-electron chi connectivity index (χ4n) is 8.70. The quantitative estimate of drug-likeness (QED) is 0.177. The number of hydrogen-bond acceptors (Lipinski definition) is 4. The van der Waals surface area contributed by atoms with E-state index in [0.717, 1.165) is 82.7 Å². The van der Waals surface area contributed by atoms with E-state index in [4.69, 9.17) is 19.4 Å². The molecular weight excluding hydrogens is 699 g/mol. The van der Waals surface area contributed by atoms with Gasteiger partial charge in [-0.2, -0.15) is 9.97 Å². The molecule has 0 aliphatic rings. The van der Waals surface area contributed by atoms with Crippen LogP contribution in [0, 0.1) is 0 Å². The van der Waals surface area contributed by atoms with Crippen LogP contribution in [0.4, 0.5) is 0 Å². The average molecular weight is 730 g/mol. The minimum Gasteiger partial charge on any atom is -0.456 e. The van der Waals surface area contributed by atoms with Crippen LogP contribution in [0.1, 0.15) is 0 Å². The van der Waals surface area contributed by atoms with Crippen molar-refractivity contribution in [3.63, 3.8) is 0 Å². The molecule has 6 heteroatoms. The van der Waals surface area contributed by atoms with Gasteiger partial charge in [0.1, 0.15) is 11.2 Å². The minimum absolute atomic E-state index is 0.544. The van der Waals surface area contributed by atoms with Gasteiger partial charge in [-0.25, -0.2) is 4.98 Å². The maximum Gasteiger partial charge on any atom is 0.238 e. The molecule has 0 spiro atoms. The van der Waals surface area contributed by atoms with E-state index >= 15 is 0 Å². The Morgan fingerprint density at radius 1 is 0.368 bits per heavy atom. The fourth-order valence-corrected chi connectivity index (χ4v) is 8.70. The Kier molecular flexibility index (Phi) is 6.83. The summed E-state index contributed by atoms with van der Waals surface area (Å²) in [5.74, 6) is 1.70. The second-order valence-corrected chi connectivity index (χ2v) is 14.4. The van der Waals surface area contributed by atoms with Gasteiger partial charge in [-0.05, 0) is 59.7 Å². The Bertz CT molecular complexity index is 3510. The normalized spacial score (nSPS) is 11.9. The summed E-state index contributed by atoms with van der Waals surface area (Å²) >= 11 is 0. The van der Waals surface area contributed by atoms with Crippen molar-refractivity contribution in [1.82, 2.24) is 24.1 Å². The van der Waals surface area contributed by atoms with Gasteiger partial charge in [-0.3, -0.25) is 4.57 Å². The van der Waals surface area contributed by atoms with Crippen molar-refractivity contribution in [2.24, 2.45) is 0 Å². The number of rotatable bonds is 5. The molecule has 0 N–H and O–H groups in total. The predicted molar refractivity (Wildman–Crippen MR) is 232 cm³/mol. The number of benzene rings is 8. The SMILES string of the molecule is c1ccc(-c2nc(-c3ccc4c(c3)oc3cccc(-c5ccccc5)c34)nc(-n3c4ccccc4c4c3ccc3c5ccccc5n(-c5ccccc5)c34)n2)cc1. The summed E-state index contributed by atoms with van der Waals surface area (Å²) < 4.78 is 11.1. The lowest BCUT2D eigenvalue weighted by Gasteiger charge is -2.11. The summed E-state index contributed by atoms with van der Waals surface area (Å²) in [5, 5.41) is 6.81. The van der Waals surface area contributed by atoms with Crippen molar-refractivity contribution < 1.29 is 4.42 Å². The van der Waals surface area contributed by atoms with E-state index in [1.54, 1.807) is 0 Å². The third-order valence-electron chi connectivity index (χ3n) is 11.2. The largest absolute Gasteiger partial charge is 0.456 e. The van der Waals surface area contributed by atoms with Gasteiger partial charge in [-0.15, -0.1) is 0 Å². The molecule has 266 valence electrons. The second kappa shape index (κ2) is 12.3. The van der Waals surface area contributed by atoms with Crippen molar-refractivity contribution in [2.45, 2.75) is 0 Å². The fraction of sp³-hybridized carbons (Fsp3) is 0. The summed E-state index contributed by atoms with van der Waals surface area (Å²) in [5.41, 5.74) is 11.1. The molecule has 0 amide bonds. The first-order valence-corrected chi connectivity index (χ1v) is 19.1. The van der Waals surface area contributed by atoms with Crippen LogP contribution in [-0.4, -0.2) is 24.1 Å². The highest BCUT2D eigenvalue weighted by Crippen LogP contribution is 2.42. The van der Waals surface area contributed by atoms with Crippen LogP contribution in [0.3, 0.4) is 0 Å². The maximum atomic E-state index is 6.54. The van der Waals surface area contributed by atoms with Gasteiger partial charge in [0, 0.05) is 49.1 Å². The van der Waals surface area contributed by atoms with Crippen molar-refractivity contribution in [1.29, 1.82) is 0 Å². The summed E-state index contributed by atoms with van der Waals surface area (Å²) in [6.45, 7) is 0. The number of fused-ring (bicyclic) bond motifs is 10. The molecule has 57 heavy (non-hydrogen) atoms. The second-order valence-electron chi connectivity index (χ2n) is 14.4. The molecule has 0 fully saturated rings. The zero-order chi connectivity index (χ0) is 37.5. The summed E-state index contributed by atoms with van der Waals surface area (Å²) in [7, 11) is 0. The predicted octanol–water partition coefficient (Wildman–Crippen LogP) is 13.0. The van der Waals surface area contributed by atoms with Crippen LogP contribution in [0.15, 0.2) is 192 Å². The number of aromatic nitrogens is 5. The molecule has 0 unspecified atom stereocenters. The molecule has 12 rings (SSSR count). The van der Waals surface area contributed by atoms with Crippen molar-refractivity contribution in [3.8, 4) is 45.5 Å². The van der Waals surface area contributed by atoms with Gasteiger partial charge in [0.2, 0.25) is 5.95 Å². The van der Waals surface area contributed by atoms with Gasteiger partial charge < -0.3 is 8.98 Å². The Hall–Kier alpha value is -7.83. The zero-order valence-corrected chi connectivity index (χ0v) is 30.5. The van der Waals surface area contributed by atoms with Crippen LogP contribution < -0.4 is 0 Å². The molecule has 0 bridgehead atoms. The highest BCUT2D eigenvalue weighted by Gasteiger charge is 2.23. The molecule has 4 aromatic heterocycles. The Labute approximate surface area is 326 Å². The van der Waals surface area contributed by atoms with E-state index in [0.29, 0.717) is 17.6 Å². The van der Waals surface area contributed by atoms with E-state index in [-0.39, 0.29) is 0 Å². The standard InChI is InChI=1S/C51H31N5O/c1-4-15-32(16-5-1)36-23-14-26-44-46(36)40-28-27-34(31-45(40)57-44)50-52-49(33-17-6-2-7-18-33)53-51(54-50)56-42-25-13-11-22-39(42)47-43(56)30-29-38-37-21-10-12-24-41(37)55(48(38)47)35-19-8-3-9-20-35/h1-31H. The van der Waals surface area contributed by atoms with E-state index in [1.165, 1.54) is 10.8 Å². The van der Waals surface area contributed by atoms with E-state index < -0.39 is 0 Å². The number of nitrogens with zero attached hydrogens (tertiary/aromatic N) is 5. The Balaban J connectivity index is 1.13. The molecule has 8 aromatic carbocycles. The molecule has 12 aromatic rings. The number of hydrogen-bond donors (Lipinski definition) is 0. The van der Waals surface area contributed by atoms with Gasteiger partial charge in [0.05, 0.1) is 22.1 Å². The lowest BCUT2D eigenvalue weighted by molar-refractivity contribution is 0.669. The van der Waals surface area contributed by atoms with Crippen LogP contribution in [0.25, 0.3) is 111 Å². The number of furan rings is 1. The third kappa shape index (κ3) is 4.81. The summed E-state index contributed by atoms with van der Waals surface area (Å²) in [6.07, 6.45) is 0. The van der Waals surface area contributed by atoms with Gasteiger partial charge in [0.15, 0.2) is 11.6 Å². The monoisotopic (exact) mass is 729 g/mol. The van der Waals surface area contributed by atoms with Crippen LogP contribution >= 0.6 is 0 Å². The van der Waals surface area contributed by atoms with Gasteiger partial charge in [-0.1, -0.05) is 140 Å². The highest BCUT2D eigenvalue weighted by atomic mass is 16.3. The van der Waals surface area contributed by atoms with Gasteiger partial charge >= 0.3 is 0 Å². The van der Waals surface area contributed by atoms with Crippen molar-refractivity contribution >= 4 is 65.6 Å². The molecule has 0 aliphatic heterocycles. The van der Waals surface area contributed by atoms with Crippen molar-refractivity contribution in [3.05, 3.63) is 188 Å².